The third-order valence-corrected chi connectivity index (χ3v) is 7.10. The summed E-state index contributed by atoms with van der Waals surface area (Å²) >= 11 is 1.13. The number of carbonyl (C=O) groups excluding carboxylic acids is 1. The molecule has 0 radical (unpaired) electrons. The molecule has 0 aliphatic rings. The maximum atomic E-state index is 13.3. The normalized spacial score (nSPS) is 11.4. The van der Waals surface area contributed by atoms with Crippen LogP contribution >= 0.6 is 11.3 Å². The Morgan fingerprint density at radius 2 is 1.64 bits per heavy atom. The van der Waals surface area contributed by atoms with Crippen molar-refractivity contribution < 1.29 is 26.4 Å². The van der Waals surface area contributed by atoms with E-state index in [1.54, 1.807) is 24.4 Å². The first-order chi connectivity index (χ1) is 16.5. The first-order valence-corrected chi connectivity index (χ1v) is 12.5. The van der Waals surface area contributed by atoms with E-state index in [-0.39, 0.29) is 23.0 Å². The molecule has 0 atom stereocenters. The van der Waals surface area contributed by atoms with Crippen molar-refractivity contribution >= 4 is 38.1 Å². The quantitative estimate of drug-likeness (QED) is 0.284. The van der Waals surface area contributed by atoms with Crippen molar-refractivity contribution in [2.45, 2.75) is 25.4 Å². The Morgan fingerprint density at radius 3 is 2.28 bits per heavy atom. The first-order valence-electron chi connectivity index (χ1n) is 10.2. The van der Waals surface area contributed by atoms with E-state index in [2.05, 4.69) is 15.0 Å². The number of alkyl halides is 3. The van der Waals surface area contributed by atoms with E-state index in [4.69, 9.17) is 0 Å². The van der Waals surface area contributed by atoms with Crippen molar-refractivity contribution in [1.29, 1.82) is 0 Å². The van der Waals surface area contributed by atoms with Crippen LogP contribution < -0.4 is 10.0 Å². The van der Waals surface area contributed by atoms with Crippen molar-refractivity contribution in [1.82, 2.24) is 4.98 Å². The molecule has 0 fully saturated rings. The van der Waals surface area contributed by atoms with Crippen LogP contribution in [0.25, 0.3) is 11.3 Å². The van der Waals surface area contributed by atoms with Gasteiger partial charge in [-0.1, -0.05) is 55.5 Å². The van der Waals surface area contributed by atoms with Crippen molar-refractivity contribution in [3.8, 4) is 11.3 Å². The molecule has 0 saturated heterocycles. The molecule has 1 amide bonds. The summed E-state index contributed by atoms with van der Waals surface area (Å²) in [7, 11) is -4.26. The number of nitrogens with zero attached hydrogens (tertiary/aromatic N) is 1. The van der Waals surface area contributed by atoms with Gasteiger partial charge in [0.05, 0.1) is 27.4 Å². The molecule has 1 heterocycles. The number of thiazole rings is 1. The third kappa shape index (κ3) is 6.10. The minimum Gasteiger partial charge on any atom is -0.298 e. The summed E-state index contributed by atoms with van der Waals surface area (Å²) < 4.78 is 67.8. The molecule has 3 aromatic carbocycles. The number of anilines is 2. The average molecular weight is 534 g/mol. The van der Waals surface area contributed by atoms with Gasteiger partial charge in [0.15, 0.2) is 5.13 Å². The standard InChI is InChI=1S/C24H18F3N3O3S2.CH4/c1-15-7-10-18(11-8-15)35(32,33)30-20-13-17(24(25,26)27)9-12-19(20)22(31)29-23-28-21(14-34-23)16-5-3-2-4-6-16;/h2-14,30H,1H3,(H,28,29,31);1H4. The van der Waals surface area contributed by atoms with Crippen LogP contribution in [0, 0.1) is 6.92 Å². The van der Waals surface area contributed by atoms with Crippen LogP contribution in [-0.2, 0) is 16.2 Å². The highest BCUT2D eigenvalue weighted by Gasteiger charge is 2.32. The van der Waals surface area contributed by atoms with Gasteiger partial charge in [-0.3, -0.25) is 14.8 Å². The van der Waals surface area contributed by atoms with Gasteiger partial charge in [0.25, 0.3) is 15.9 Å². The van der Waals surface area contributed by atoms with Gasteiger partial charge in [0.2, 0.25) is 0 Å². The summed E-state index contributed by atoms with van der Waals surface area (Å²) in [6.45, 7) is 1.76. The van der Waals surface area contributed by atoms with Crippen LogP contribution in [0.15, 0.2) is 83.1 Å². The third-order valence-electron chi connectivity index (χ3n) is 4.96. The fourth-order valence-corrected chi connectivity index (χ4v) is 4.95. The summed E-state index contributed by atoms with van der Waals surface area (Å²) in [4.78, 5) is 17.1. The molecule has 4 rings (SSSR count). The lowest BCUT2D eigenvalue weighted by Crippen LogP contribution is -2.20. The molecule has 0 saturated carbocycles. The van der Waals surface area contributed by atoms with Crippen LogP contribution in [0.1, 0.15) is 28.9 Å². The number of nitrogens with one attached hydrogen (secondary N) is 2. The second-order valence-corrected chi connectivity index (χ2v) is 10.1. The van der Waals surface area contributed by atoms with Crippen molar-refractivity contribution in [3.05, 3.63) is 94.9 Å². The second-order valence-electron chi connectivity index (χ2n) is 7.53. The molecule has 11 heteroatoms. The van der Waals surface area contributed by atoms with E-state index in [1.807, 2.05) is 30.3 Å². The lowest BCUT2D eigenvalue weighted by Gasteiger charge is -2.15. The molecule has 2 N–H and O–H groups in total. The van der Waals surface area contributed by atoms with Crippen molar-refractivity contribution in [2.75, 3.05) is 10.0 Å². The maximum absolute atomic E-state index is 13.3. The lowest BCUT2D eigenvalue weighted by atomic mass is 10.1. The monoisotopic (exact) mass is 533 g/mol. The van der Waals surface area contributed by atoms with Gasteiger partial charge >= 0.3 is 6.18 Å². The van der Waals surface area contributed by atoms with Gasteiger partial charge in [0, 0.05) is 10.9 Å². The molecule has 0 aliphatic carbocycles. The Labute approximate surface area is 210 Å². The molecular weight excluding hydrogens is 511 g/mol. The lowest BCUT2D eigenvalue weighted by molar-refractivity contribution is -0.137. The van der Waals surface area contributed by atoms with Crippen LogP contribution in [-0.4, -0.2) is 19.3 Å². The summed E-state index contributed by atoms with van der Waals surface area (Å²) in [5, 5.41) is 4.46. The van der Waals surface area contributed by atoms with Gasteiger partial charge in [-0.25, -0.2) is 13.4 Å². The smallest absolute Gasteiger partial charge is 0.298 e. The van der Waals surface area contributed by atoms with Gasteiger partial charge < -0.3 is 0 Å². The summed E-state index contributed by atoms with van der Waals surface area (Å²) in [6.07, 6.45) is -4.74. The van der Waals surface area contributed by atoms with E-state index in [0.717, 1.165) is 34.6 Å². The summed E-state index contributed by atoms with van der Waals surface area (Å²) in [5.41, 5.74) is 0.351. The maximum Gasteiger partial charge on any atom is 0.416 e. The molecule has 0 unspecified atom stereocenters. The number of benzene rings is 3. The van der Waals surface area contributed by atoms with Gasteiger partial charge in [-0.05, 0) is 37.3 Å². The molecular formula is C25H22F3N3O3S2. The molecule has 6 nitrogen and oxygen atoms in total. The zero-order valence-corrected chi connectivity index (χ0v) is 19.8. The van der Waals surface area contributed by atoms with E-state index >= 15 is 0 Å². The average Bonchev–Trinajstić information content (AvgIpc) is 3.27. The fraction of sp³-hybridized carbons (Fsp3) is 0.120. The van der Waals surface area contributed by atoms with Gasteiger partial charge in [-0.15, -0.1) is 11.3 Å². The number of hydrogen-bond acceptors (Lipinski definition) is 5. The SMILES string of the molecule is C.Cc1ccc(S(=O)(=O)Nc2cc(C(F)(F)F)ccc2C(=O)Nc2nc(-c3ccccc3)cs2)cc1. The zero-order chi connectivity index (χ0) is 25.2. The fourth-order valence-electron chi connectivity index (χ4n) is 3.16. The van der Waals surface area contributed by atoms with E-state index in [0.29, 0.717) is 11.8 Å². The zero-order valence-electron chi connectivity index (χ0n) is 18.1. The molecule has 0 spiro atoms. The number of sulfonamides is 1. The van der Waals surface area contributed by atoms with E-state index in [9.17, 15) is 26.4 Å². The van der Waals surface area contributed by atoms with Crippen LogP contribution in [0.5, 0.6) is 0 Å². The Bertz CT molecular complexity index is 1470. The Morgan fingerprint density at radius 1 is 0.972 bits per heavy atom. The van der Waals surface area contributed by atoms with Gasteiger partial charge in [-0.2, -0.15) is 13.2 Å². The highest BCUT2D eigenvalue weighted by atomic mass is 32.2. The predicted octanol–water partition coefficient (Wildman–Crippen LogP) is 6.83. The number of aryl methyl sites for hydroxylation is 1. The molecule has 0 bridgehead atoms. The van der Waals surface area contributed by atoms with Gasteiger partial charge in [0.1, 0.15) is 0 Å². The molecule has 4 aromatic rings. The van der Waals surface area contributed by atoms with Crippen LogP contribution in [0.4, 0.5) is 24.0 Å². The number of aromatic nitrogens is 1. The Hall–Kier alpha value is -3.70. The number of hydrogen-bond donors (Lipinski definition) is 2. The van der Waals surface area contributed by atoms with Crippen LogP contribution in [0.3, 0.4) is 0 Å². The minimum atomic E-state index is -4.74. The number of amides is 1. The number of halogens is 3. The van der Waals surface area contributed by atoms with Crippen molar-refractivity contribution in [3.63, 3.8) is 0 Å². The van der Waals surface area contributed by atoms with E-state index < -0.39 is 33.4 Å². The summed E-state index contributed by atoms with van der Waals surface area (Å²) in [5.74, 6) is -0.811. The predicted molar refractivity (Wildman–Crippen MR) is 136 cm³/mol. The largest absolute Gasteiger partial charge is 0.416 e. The molecule has 1 aromatic heterocycles. The topological polar surface area (TPSA) is 88.2 Å². The summed E-state index contributed by atoms with van der Waals surface area (Å²) in [6, 6.07) is 17.2. The second kappa shape index (κ2) is 10.5. The van der Waals surface area contributed by atoms with Crippen molar-refractivity contribution in [2.24, 2.45) is 0 Å². The Balaban J connectivity index is 0.00000361. The van der Waals surface area contributed by atoms with E-state index in [1.165, 1.54) is 12.1 Å². The molecule has 0 aliphatic heterocycles. The van der Waals surface area contributed by atoms with Crippen LogP contribution in [0.2, 0.25) is 0 Å². The Kier molecular flexibility index (Phi) is 7.85. The first kappa shape index (κ1) is 26.9. The molecule has 188 valence electrons. The minimum absolute atomic E-state index is 0. The highest BCUT2D eigenvalue weighted by molar-refractivity contribution is 7.92. The highest BCUT2D eigenvalue weighted by Crippen LogP contribution is 2.34. The molecule has 36 heavy (non-hydrogen) atoms. The number of carbonyl (C=O) groups is 1. The number of rotatable bonds is 6.